The first-order valence-corrected chi connectivity index (χ1v) is 9.63. The summed E-state index contributed by atoms with van der Waals surface area (Å²) in [5.41, 5.74) is 1.07. The van der Waals surface area contributed by atoms with E-state index in [1.165, 1.54) is 4.90 Å². The van der Waals surface area contributed by atoms with Gasteiger partial charge in [0.15, 0.2) is 0 Å². The van der Waals surface area contributed by atoms with Crippen LogP contribution in [0.5, 0.6) is 0 Å². The third kappa shape index (κ3) is 3.64. The summed E-state index contributed by atoms with van der Waals surface area (Å²) < 4.78 is 2.19. The maximum absolute atomic E-state index is 12.6. The predicted octanol–water partition coefficient (Wildman–Crippen LogP) is 2.75. The van der Waals surface area contributed by atoms with Crippen molar-refractivity contribution in [2.24, 2.45) is 0 Å². The molecule has 1 aliphatic heterocycles. The number of hydrogen-bond donors (Lipinski definition) is 0. The Bertz CT molecular complexity index is 708. The van der Waals surface area contributed by atoms with Gasteiger partial charge in [0.05, 0.1) is 6.42 Å². The van der Waals surface area contributed by atoms with Gasteiger partial charge < -0.3 is 9.47 Å². The van der Waals surface area contributed by atoms with Gasteiger partial charge in [0.1, 0.15) is 11.6 Å². The number of aromatic nitrogens is 3. The standard InChI is InChI=1S/C18H24N4OS/c1-13(2)18-20-19-16-8-9-21(10-11-22(16)18)17(23)12-14-4-6-15(24-3)7-5-14/h4-7,13H,8-12H2,1-3H3. The highest BCUT2D eigenvalue weighted by Crippen LogP contribution is 2.18. The maximum Gasteiger partial charge on any atom is 0.227 e. The van der Waals surface area contributed by atoms with Gasteiger partial charge in [0.2, 0.25) is 5.91 Å². The van der Waals surface area contributed by atoms with Crippen LogP contribution in [0.25, 0.3) is 0 Å². The number of benzene rings is 1. The fourth-order valence-corrected chi connectivity index (χ4v) is 3.46. The van der Waals surface area contributed by atoms with Crippen LogP contribution in [-0.2, 0) is 24.2 Å². The number of thioether (sulfide) groups is 1. The highest BCUT2D eigenvalue weighted by atomic mass is 32.2. The van der Waals surface area contributed by atoms with Gasteiger partial charge in [-0.3, -0.25) is 4.79 Å². The molecule has 5 nitrogen and oxygen atoms in total. The van der Waals surface area contributed by atoms with E-state index >= 15 is 0 Å². The fraction of sp³-hybridized carbons (Fsp3) is 0.500. The third-order valence-corrected chi connectivity index (χ3v) is 5.18. The van der Waals surface area contributed by atoms with E-state index in [0.29, 0.717) is 12.3 Å². The molecule has 1 aromatic heterocycles. The largest absolute Gasteiger partial charge is 0.340 e. The minimum atomic E-state index is 0.191. The molecular formula is C18H24N4OS. The summed E-state index contributed by atoms with van der Waals surface area (Å²) in [6.45, 7) is 6.49. The van der Waals surface area contributed by atoms with Crippen LogP contribution in [0.1, 0.15) is 37.0 Å². The molecule has 0 spiro atoms. The number of fused-ring (bicyclic) bond motifs is 1. The van der Waals surface area contributed by atoms with Crippen molar-refractivity contribution in [2.75, 3.05) is 19.3 Å². The molecule has 24 heavy (non-hydrogen) atoms. The molecule has 0 bridgehead atoms. The second kappa shape index (κ2) is 7.38. The van der Waals surface area contributed by atoms with Gasteiger partial charge in [-0.1, -0.05) is 26.0 Å². The van der Waals surface area contributed by atoms with Crippen LogP contribution in [0.4, 0.5) is 0 Å². The molecule has 128 valence electrons. The molecule has 0 saturated heterocycles. The lowest BCUT2D eigenvalue weighted by atomic mass is 10.1. The summed E-state index contributed by atoms with van der Waals surface area (Å²) in [5, 5.41) is 8.61. The van der Waals surface area contributed by atoms with Crippen molar-refractivity contribution >= 4 is 17.7 Å². The second-order valence-corrected chi connectivity index (χ2v) is 7.32. The Morgan fingerprint density at radius 3 is 2.58 bits per heavy atom. The lowest BCUT2D eigenvalue weighted by molar-refractivity contribution is -0.130. The van der Waals surface area contributed by atoms with Crippen molar-refractivity contribution in [2.45, 2.75) is 44.0 Å². The molecule has 0 radical (unpaired) electrons. The summed E-state index contributed by atoms with van der Waals surface area (Å²) in [4.78, 5) is 15.8. The number of amides is 1. The Balaban J connectivity index is 1.64. The van der Waals surface area contributed by atoms with Crippen LogP contribution in [0.15, 0.2) is 29.2 Å². The third-order valence-electron chi connectivity index (χ3n) is 4.44. The molecule has 0 N–H and O–H groups in total. The lowest BCUT2D eigenvalue weighted by Gasteiger charge is -2.20. The summed E-state index contributed by atoms with van der Waals surface area (Å²) in [6.07, 6.45) is 3.30. The zero-order valence-electron chi connectivity index (χ0n) is 14.5. The monoisotopic (exact) mass is 344 g/mol. The van der Waals surface area contributed by atoms with E-state index in [0.717, 1.165) is 43.3 Å². The van der Waals surface area contributed by atoms with Gasteiger partial charge in [-0.2, -0.15) is 0 Å². The molecule has 6 heteroatoms. The fourth-order valence-electron chi connectivity index (χ4n) is 3.05. The van der Waals surface area contributed by atoms with E-state index in [2.05, 4.69) is 47.0 Å². The van der Waals surface area contributed by atoms with Gasteiger partial charge in [0, 0.05) is 36.9 Å². The minimum Gasteiger partial charge on any atom is -0.340 e. The van der Waals surface area contributed by atoms with Crippen LogP contribution in [0.2, 0.25) is 0 Å². The van der Waals surface area contributed by atoms with Crippen molar-refractivity contribution < 1.29 is 4.79 Å². The van der Waals surface area contributed by atoms with E-state index in [4.69, 9.17) is 0 Å². The maximum atomic E-state index is 12.6. The Labute approximate surface area is 147 Å². The Kier molecular flexibility index (Phi) is 5.23. The van der Waals surface area contributed by atoms with Gasteiger partial charge >= 0.3 is 0 Å². The number of rotatable bonds is 4. The van der Waals surface area contributed by atoms with Gasteiger partial charge in [-0.25, -0.2) is 0 Å². The van der Waals surface area contributed by atoms with Crippen molar-refractivity contribution in [3.63, 3.8) is 0 Å². The Morgan fingerprint density at radius 2 is 1.92 bits per heavy atom. The quantitative estimate of drug-likeness (QED) is 0.800. The molecule has 0 unspecified atom stereocenters. The van der Waals surface area contributed by atoms with Crippen molar-refractivity contribution in [1.29, 1.82) is 0 Å². The minimum absolute atomic E-state index is 0.191. The van der Waals surface area contributed by atoms with Gasteiger partial charge in [-0.15, -0.1) is 22.0 Å². The van der Waals surface area contributed by atoms with Crippen molar-refractivity contribution in [3.8, 4) is 0 Å². The highest BCUT2D eigenvalue weighted by Gasteiger charge is 2.22. The normalized spacial score (nSPS) is 14.6. The van der Waals surface area contributed by atoms with Crippen molar-refractivity contribution in [1.82, 2.24) is 19.7 Å². The van der Waals surface area contributed by atoms with E-state index in [-0.39, 0.29) is 5.91 Å². The first-order chi connectivity index (χ1) is 11.6. The van der Waals surface area contributed by atoms with E-state index < -0.39 is 0 Å². The molecule has 3 rings (SSSR count). The topological polar surface area (TPSA) is 51.0 Å². The average Bonchev–Trinajstić information content (AvgIpc) is 2.87. The number of nitrogens with zero attached hydrogens (tertiary/aromatic N) is 4. The summed E-state index contributed by atoms with van der Waals surface area (Å²) >= 11 is 1.71. The average molecular weight is 344 g/mol. The molecular weight excluding hydrogens is 320 g/mol. The molecule has 2 aromatic rings. The predicted molar refractivity (Wildman–Crippen MR) is 96.3 cm³/mol. The Hall–Kier alpha value is -1.82. The van der Waals surface area contributed by atoms with E-state index in [1.54, 1.807) is 11.8 Å². The summed E-state index contributed by atoms with van der Waals surface area (Å²) in [5.74, 6) is 2.56. The molecule has 0 saturated carbocycles. The van der Waals surface area contributed by atoms with Crippen LogP contribution >= 0.6 is 11.8 Å². The van der Waals surface area contributed by atoms with Crippen molar-refractivity contribution in [3.05, 3.63) is 41.5 Å². The molecule has 0 fully saturated rings. The molecule has 1 aromatic carbocycles. The first-order valence-electron chi connectivity index (χ1n) is 8.41. The second-order valence-electron chi connectivity index (χ2n) is 6.44. The first kappa shape index (κ1) is 17.0. The summed E-state index contributed by atoms with van der Waals surface area (Å²) in [7, 11) is 0. The van der Waals surface area contributed by atoms with Gasteiger partial charge in [-0.05, 0) is 24.0 Å². The smallest absolute Gasteiger partial charge is 0.227 e. The Morgan fingerprint density at radius 1 is 1.17 bits per heavy atom. The SMILES string of the molecule is CSc1ccc(CC(=O)N2CCc3nnc(C(C)C)n3CC2)cc1. The van der Waals surface area contributed by atoms with E-state index in [9.17, 15) is 4.79 Å². The van der Waals surface area contributed by atoms with Crippen LogP contribution in [0.3, 0.4) is 0 Å². The number of hydrogen-bond acceptors (Lipinski definition) is 4. The molecule has 1 amide bonds. The lowest BCUT2D eigenvalue weighted by Crippen LogP contribution is -2.35. The number of carbonyl (C=O) groups excluding carboxylic acids is 1. The molecule has 0 aliphatic carbocycles. The number of carbonyl (C=O) groups is 1. The highest BCUT2D eigenvalue weighted by molar-refractivity contribution is 7.98. The summed E-state index contributed by atoms with van der Waals surface area (Å²) in [6, 6.07) is 8.25. The zero-order valence-corrected chi connectivity index (χ0v) is 15.3. The molecule has 0 atom stereocenters. The molecule has 1 aliphatic rings. The van der Waals surface area contributed by atoms with Crippen LogP contribution in [-0.4, -0.2) is 44.9 Å². The molecule has 2 heterocycles. The van der Waals surface area contributed by atoms with Crippen LogP contribution < -0.4 is 0 Å². The van der Waals surface area contributed by atoms with E-state index in [1.807, 2.05) is 17.0 Å². The van der Waals surface area contributed by atoms with Crippen LogP contribution in [0, 0.1) is 0 Å². The zero-order chi connectivity index (χ0) is 17.1. The van der Waals surface area contributed by atoms with Gasteiger partial charge in [0.25, 0.3) is 0 Å².